The zero-order valence-electron chi connectivity index (χ0n) is 13.5. The Kier molecular flexibility index (Phi) is 4.87. The third-order valence-electron chi connectivity index (χ3n) is 3.78. The van der Waals surface area contributed by atoms with Crippen molar-refractivity contribution in [2.24, 2.45) is 5.92 Å². The summed E-state index contributed by atoms with van der Waals surface area (Å²) in [6.07, 6.45) is 1.56. The van der Waals surface area contributed by atoms with Crippen molar-refractivity contribution in [1.29, 1.82) is 0 Å². The Hall–Kier alpha value is -2.25. The molecule has 1 unspecified atom stereocenters. The van der Waals surface area contributed by atoms with Crippen molar-refractivity contribution >= 4 is 38.9 Å². The van der Waals surface area contributed by atoms with Crippen LogP contribution in [0.3, 0.4) is 0 Å². The van der Waals surface area contributed by atoms with Crippen LogP contribution in [-0.4, -0.2) is 27.2 Å². The van der Waals surface area contributed by atoms with Gasteiger partial charge in [-0.3, -0.25) is 9.52 Å². The van der Waals surface area contributed by atoms with Gasteiger partial charge < -0.3 is 10.1 Å². The van der Waals surface area contributed by atoms with Gasteiger partial charge in [0.2, 0.25) is 15.9 Å². The number of ether oxygens (including phenoxy) is 1. The standard InChI is InChI=1S/C17H17ClN2O4S/c1-25(22,23)20-15-5-3-2-4-14(15)19-17(21)12-8-11-9-13(18)6-7-16(11)24-10-12/h2-7,9,12,20H,8,10H2,1H3,(H,19,21). The van der Waals surface area contributed by atoms with Crippen molar-refractivity contribution in [3.05, 3.63) is 53.1 Å². The molecule has 2 aromatic rings. The van der Waals surface area contributed by atoms with Crippen LogP contribution in [0.1, 0.15) is 5.56 Å². The molecule has 0 aromatic heterocycles. The molecular formula is C17H17ClN2O4S. The van der Waals surface area contributed by atoms with E-state index in [1.54, 1.807) is 42.5 Å². The zero-order chi connectivity index (χ0) is 18.0. The second-order valence-electron chi connectivity index (χ2n) is 5.87. The first-order chi connectivity index (χ1) is 11.8. The Bertz CT molecular complexity index is 915. The van der Waals surface area contributed by atoms with Gasteiger partial charge in [0.15, 0.2) is 0 Å². The first kappa shape index (κ1) is 17.6. The molecule has 1 amide bonds. The predicted molar refractivity (Wildman–Crippen MR) is 97.7 cm³/mol. The van der Waals surface area contributed by atoms with Crippen molar-refractivity contribution in [2.45, 2.75) is 6.42 Å². The van der Waals surface area contributed by atoms with Gasteiger partial charge in [-0.15, -0.1) is 0 Å². The quantitative estimate of drug-likeness (QED) is 0.854. The minimum Gasteiger partial charge on any atom is -0.492 e. The number of carbonyl (C=O) groups is 1. The van der Waals surface area contributed by atoms with Crippen LogP contribution >= 0.6 is 11.6 Å². The Morgan fingerprint density at radius 3 is 2.64 bits per heavy atom. The van der Waals surface area contributed by atoms with Gasteiger partial charge in [0.1, 0.15) is 12.4 Å². The minimum absolute atomic E-state index is 0.242. The molecule has 0 bridgehead atoms. The third kappa shape index (κ3) is 4.43. The Morgan fingerprint density at radius 2 is 1.92 bits per heavy atom. The van der Waals surface area contributed by atoms with Gasteiger partial charge in [-0.1, -0.05) is 23.7 Å². The third-order valence-corrected chi connectivity index (χ3v) is 4.61. The van der Waals surface area contributed by atoms with Gasteiger partial charge in [-0.2, -0.15) is 0 Å². The maximum Gasteiger partial charge on any atom is 0.231 e. The highest BCUT2D eigenvalue weighted by Gasteiger charge is 2.26. The van der Waals surface area contributed by atoms with E-state index in [1.807, 2.05) is 0 Å². The molecular weight excluding hydrogens is 364 g/mol. The lowest BCUT2D eigenvalue weighted by Gasteiger charge is -2.25. The number of anilines is 2. The lowest BCUT2D eigenvalue weighted by atomic mass is 9.96. The number of fused-ring (bicyclic) bond motifs is 1. The monoisotopic (exact) mass is 380 g/mol. The second-order valence-corrected chi connectivity index (χ2v) is 8.06. The van der Waals surface area contributed by atoms with Gasteiger partial charge in [-0.25, -0.2) is 8.42 Å². The summed E-state index contributed by atoms with van der Waals surface area (Å²) in [7, 11) is -3.45. The SMILES string of the molecule is CS(=O)(=O)Nc1ccccc1NC(=O)C1COc2ccc(Cl)cc2C1. The number of carbonyl (C=O) groups excluding carboxylic acids is 1. The fraction of sp³-hybridized carbons (Fsp3) is 0.235. The first-order valence-electron chi connectivity index (χ1n) is 7.61. The Morgan fingerprint density at radius 1 is 1.20 bits per heavy atom. The van der Waals surface area contributed by atoms with E-state index in [1.165, 1.54) is 0 Å². The van der Waals surface area contributed by atoms with E-state index in [9.17, 15) is 13.2 Å². The molecule has 6 nitrogen and oxygen atoms in total. The second kappa shape index (κ2) is 6.93. The molecule has 2 N–H and O–H groups in total. The largest absolute Gasteiger partial charge is 0.492 e. The zero-order valence-corrected chi connectivity index (χ0v) is 15.0. The van der Waals surface area contributed by atoms with Crippen LogP contribution in [0.25, 0.3) is 0 Å². The number of nitrogens with one attached hydrogen (secondary N) is 2. The molecule has 0 fully saturated rings. The molecule has 0 saturated heterocycles. The molecule has 0 radical (unpaired) electrons. The molecule has 0 aliphatic carbocycles. The highest BCUT2D eigenvalue weighted by Crippen LogP contribution is 2.31. The number of benzene rings is 2. The summed E-state index contributed by atoms with van der Waals surface area (Å²) >= 11 is 5.99. The van der Waals surface area contributed by atoms with E-state index in [4.69, 9.17) is 16.3 Å². The summed E-state index contributed by atoms with van der Waals surface area (Å²) in [6.45, 7) is 0.252. The maximum absolute atomic E-state index is 12.6. The average molecular weight is 381 g/mol. The van der Waals surface area contributed by atoms with Crippen molar-refractivity contribution in [3.63, 3.8) is 0 Å². The van der Waals surface area contributed by atoms with E-state index < -0.39 is 15.9 Å². The van der Waals surface area contributed by atoms with Crippen LogP contribution in [0.2, 0.25) is 5.02 Å². The molecule has 0 spiro atoms. The van der Waals surface area contributed by atoms with E-state index in [0.717, 1.165) is 17.6 Å². The molecule has 1 aliphatic heterocycles. The fourth-order valence-electron chi connectivity index (χ4n) is 2.65. The van der Waals surface area contributed by atoms with Gasteiger partial charge in [-0.05, 0) is 42.3 Å². The number of sulfonamides is 1. The molecule has 1 aliphatic rings. The van der Waals surface area contributed by atoms with E-state index in [0.29, 0.717) is 22.8 Å². The van der Waals surface area contributed by atoms with Crippen molar-refractivity contribution in [1.82, 2.24) is 0 Å². The van der Waals surface area contributed by atoms with Crippen LogP contribution in [0.4, 0.5) is 11.4 Å². The molecule has 1 atom stereocenters. The summed E-state index contributed by atoms with van der Waals surface area (Å²) in [5.41, 5.74) is 1.59. The van der Waals surface area contributed by atoms with Crippen molar-refractivity contribution < 1.29 is 17.9 Å². The van der Waals surface area contributed by atoms with Crippen molar-refractivity contribution in [2.75, 3.05) is 22.9 Å². The molecule has 3 rings (SSSR count). The number of hydrogen-bond acceptors (Lipinski definition) is 4. The summed E-state index contributed by atoms with van der Waals surface area (Å²) in [6, 6.07) is 11.9. The summed E-state index contributed by atoms with van der Waals surface area (Å²) < 4.78 is 30.9. The molecule has 132 valence electrons. The summed E-state index contributed by atoms with van der Waals surface area (Å²) in [4.78, 5) is 12.6. The predicted octanol–water partition coefficient (Wildman–Crippen LogP) is 2.90. The smallest absolute Gasteiger partial charge is 0.231 e. The van der Waals surface area contributed by atoms with Gasteiger partial charge in [0, 0.05) is 5.02 Å². The molecule has 25 heavy (non-hydrogen) atoms. The normalized spacial score (nSPS) is 16.5. The summed E-state index contributed by atoms with van der Waals surface area (Å²) in [5.74, 6) is 0.0956. The number of amides is 1. The van der Waals surface area contributed by atoms with E-state index >= 15 is 0 Å². The maximum atomic E-state index is 12.6. The van der Waals surface area contributed by atoms with Gasteiger partial charge in [0.25, 0.3) is 0 Å². The number of halogens is 1. The van der Waals surface area contributed by atoms with Crippen LogP contribution < -0.4 is 14.8 Å². The number of rotatable bonds is 4. The Balaban J connectivity index is 1.75. The molecule has 1 heterocycles. The number of para-hydroxylation sites is 2. The lowest BCUT2D eigenvalue weighted by Crippen LogP contribution is -2.32. The van der Waals surface area contributed by atoms with E-state index in [-0.39, 0.29) is 12.5 Å². The summed E-state index contributed by atoms with van der Waals surface area (Å²) in [5, 5.41) is 3.36. The van der Waals surface area contributed by atoms with Crippen LogP contribution in [0.15, 0.2) is 42.5 Å². The molecule has 2 aromatic carbocycles. The minimum atomic E-state index is -3.45. The topological polar surface area (TPSA) is 84.5 Å². The Labute approximate surface area is 151 Å². The van der Waals surface area contributed by atoms with E-state index in [2.05, 4.69) is 10.0 Å². The number of hydrogen-bond donors (Lipinski definition) is 2. The van der Waals surface area contributed by atoms with Crippen LogP contribution in [0.5, 0.6) is 5.75 Å². The van der Waals surface area contributed by atoms with Gasteiger partial charge >= 0.3 is 0 Å². The van der Waals surface area contributed by atoms with Gasteiger partial charge in [0.05, 0.1) is 23.5 Å². The molecule has 8 heteroatoms. The highest BCUT2D eigenvalue weighted by molar-refractivity contribution is 7.92. The molecule has 0 saturated carbocycles. The first-order valence-corrected chi connectivity index (χ1v) is 9.88. The van der Waals surface area contributed by atoms with Crippen LogP contribution in [0, 0.1) is 5.92 Å². The van der Waals surface area contributed by atoms with Crippen LogP contribution in [-0.2, 0) is 21.2 Å². The van der Waals surface area contributed by atoms with Crippen molar-refractivity contribution in [3.8, 4) is 5.75 Å². The lowest BCUT2D eigenvalue weighted by molar-refractivity contribution is -0.121. The average Bonchev–Trinajstić information content (AvgIpc) is 2.54. The fourth-order valence-corrected chi connectivity index (χ4v) is 3.42. The highest BCUT2D eigenvalue weighted by atomic mass is 35.5.